The highest BCUT2D eigenvalue weighted by molar-refractivity contribution is 6.07. The Kier molecular flexibility index (Phi) is 7.08. The smallest absolute Gasteiger partial charge is 0.268 e. The van der Waals surface area contributed by atoms with Gasteiger partial charge in [-0.15, -0.1) is 0 Å². The highest BCUT2D eigenvalue weighted by Crippen LogP contribution is 2.32. The Morgan fingerprint density at radius 2 is 1.76 bits per heavy atom. The molecule has 1 aliphatic rings. The number of nitrogens with one attached hydrogen (secondary N) is 1. The minimum Gasteiger partial charge on any atom is -0.497 e. The van der Waals surface area contributed by atoms with Gasteiger partial charge < -0.3 is 19.5 Å². The molecule has 0 atom stereocenters. The van der Waals surface area contributed by atoms with E-state index in [9.17, 15) is 9.59 Å². The Morgan fingerprint density at radius 1 is 0.902 bits per heavy atom. The van der Waals surface area contributed by atoms with Gasteiger partial charge in [0.1, 0.15) is 11.4 Å². The lowest BCUT2D eigenvalue weighted by Gasteiger charge is -2.23. The van der Waals surface area contributed by atoms with Gasteiger partial charge in [-0.05, 0) is 83.8 Å². The molecule has 0 unspecified atom stereocenters. The number of amides is 2. The van der Waals surface area contributed by atoms with E-state index >= 15 is 0 Å². The zero-order valence-corrected chi connectivity index (χ0v) is 23.0. The Hall–Kier alpha value is -5.17. The zero-order chi connectivity index (χ0) is 28.3. The number of benzene rings is 3. The summed E-state index contributed by atoms with van der Waals surface area (Å²) in [5, 5.41) is 2.98. The van der Waals surface area contributed by atoms with E-state index in [4.69, 9.17) is 4.74 Å². The molecular formula is C34H30N4O3. The fraction of sp³-hybridized carbons (Fsp3) is 0.147. The molecule has 0 saturated heterocycles. The van der Waals surface area contributed by atoms with Crippen LogP contribution in [0.5, 0.6) is 5.75 Å². The van der Waals surface area contributed by atoms with Crippen LogP contribution in [0.15, 0.2) is 103 Å². The molecule has 7 nitrogen and oxygen atoms in total. The molecule has 0 fully saturated rings. The lowest BCUT2D eigenvalue weighted by atomic mass is 9.97. The van der Waals surface area contributed by atoms with Crippen molar-refractivity contribution in [2.75, 3.05) is 12.0 Å². The number of ether oxygens (including phenoxy) is 1. The van der Waals surface area contributed by atoms with Gasteiger partial charge in [-0.25, -0.2) is 0 Å². The third-order valence-corrected chi connectivity index (χ3v) is 7.49. The van der Waals surface area contributed by atoms with Crippen LogP contribution >= 0.6 is 0 Å². The van der Waals surface area contributed by atoms with Gasteiger partial charge in [-0.3, -0.25) is 14.6 Å². The van der Waals surface area contributed by atoms with Crippen LogP contribution in [0.4, 0.5) is 5.69 Å². The van der Waals surface area contributed by atoms with Crippen molar-refractivity contribution in [2.45, 2.75) is 26.6 Å². The second kappa shape index (κ2) is 11.1. The number of fused-ring (bicyclic) bond motifs is 2. The Bertz CT molecular complexity index is 1740. The number of pyridine rings is 1. The number of para-hydroxylation sites is 1. The second-order valence-corrected chi connectivity index (χ2v) is 10.1. The Labute approximate surface area is 239 Å². The van der Waals surface area contributed by atoms with Gasteiger partial charge in [0.2, 0.25) is 0 Å². The predicted octanol–water partition coefficient (Wildman–Crippen LogP) is 6.01. The molecule has 0 saturated carbocycles. The van der Waals surface area contributed by atoms with Crippen LogP contribution in [0.3, 0.4) is 0 Å². The molecule has 3 heterocycles. The van der Waals surface area contributed by atoms with E-state index in [0.717, 1.165) is 45.1 Å². The van der Waals surface area contributed by atoms with E-state index in [1.807, 2.05) is 113 Å². The molecule has 204 valence electrons. The summed E-state index contributed by atoms with van der Waals surface area (Å²) in [6.07, 6.45) is 1.71. The third kappa shape index (κ3) is 5.22. The first kappa shape index (κ1) is 26.1. The third-order valence-electron chi connectivity index (χ3n) is 7.49. The van der Waals surface area contributed by atoms with Crippen LogP contribution in [0.2, 0.25) is 0 Å². The predicted molar refractivity (Wildman–Crippen MR) is 159 cm³/mol. The van der Waals surface area contributed by atoms with Gasteiger partial charge in [-0.1, -0.05) is 42.5 Å². The Balaban J connectivity index is 1.29. The van der Waals surface area contributed by atoms with Gasteiger partial charge >= 0.3 is 0 Å². The van der Waals surface area contributed by atoms with Crippen molar-refractivity contribution < 1.29 is 14.3 Å². The molecule has 0 aliphatic carbocycles. The minimum atomic E-state index is -0.178. The lowest BCUT2D eigenvalue weighted by Crippen LogP contribution is -2.31. The number of hydrogen-bond acceptors (Lipinski definition) is 4. The van der Waals surface area contributed by atoms with Gasteiger partial charge in [0, 0.05) is 23.1 Å². The number of carbonyl (C=O) groups excluding carboxylic acids is 2. The zero-order valence-electron chi connectivity index (χ0n) is 23.0. The summed E-state index contributed by atoms with van der Waals surface area (Å²) in [5.74, 6) is 0.521. The van der Waals surface area contributed by atoms with E-state index in [1.165, 1.54) is 0 Å². The first-order chi connectivity index (χ1) is 20.0. The van der Waals surface area contributed by atoms with Gasteiger partial charge in [0.15, 0.2) is 0 Å². The highest BCUT2D eigenvalue weighted by Gasteiger charge is 2.27. The maximum Gasteiger partial charge on any atom is 0.268 e. The van der Waals surface area contributed by atoms with Crippen LogP contribution in [-0.4, -0.2) is 28.5 Å². The quantitative estimate of drug-likeness (QED) is 0.285. The van der Waals surface area contributed by atoms with Crippen molar-refractivity contribution in [3.63, 3.8) is 0 Å². The number of anilines is 1. The molecule has 5 aromatic rings. The standard InChI is InChI=1S/C34H30N4O3/c1-23-18-25(13-15-30(23)24-9-7-11-29(19-24)41-2)34(40)38-22-28-14-16-32(33(39)36-20-27-10-5-6-17-35-27)37(28)21-26-8-3-4-12-31(26)38/h3-19H,20-22H2,1-2H3,(H,36,39). The number of methoxy groups -OCH3 is 1. The van der Waals surface area contributed by atoms with E-state index in [0.29, 0.717) is 30.9 Å². The van der Waals surface area contributed by atoms with Crippen molar-refractivity contribution in [3.8, 4) is 16.9 Å². The molecule has 0 radical (unpaired) electrons. The molecule has 7 heteroatoms. The maximum atomic E-state index is 14.0. The number of carbonyl (C=O) groups is 2. The number of aromatic nitrogens is 2. The fourth-order valence-corrected chi connectivity index (χ4v) is 5.37. The van der Waals surface area contributed by atoms with Crippen molar-refractivity contribution in [2.24, 2.45) is 0 Å². The van der Waals surface area contributed by atoms with Crippen LogP contribution in [0.25, 0.3) is 11.1 Å². The van der Waals surface area contributed by atoms with Crippen LogP contribution < -0.4 is 15.0 Å². The number of rotatable bonds is 6. The lowest BCUT2D eigenvalue weighted by molar-refractivity contribution is 0.0940. The number of aryl methyl sites for hydroxylation is 1. The number of nitrogens with zero attached hydrogens (tertiary/aromatic N) is 3. The van der Waals surface area contributed by atoms with Crippen molar-refractivity contribution in [1.82, 2.24) is 14.9 Å². The van der Waals surface area contributed by atoms with Crippen molar-refractivity contribution >= 4 is 17.5 Å². The van der Waals surface area contributed by atoms with Crippen LogP contribution in [0, 0.1) is 6.92 Å². The highest BCUT2D eigenvalue weighted by atomic mass is 16.5. The molecule has 2 aromatic heterocycles. The SMILES string of the molecule is COc1cccc(-c2ccc(C(=O)N3Cc4ccc(C(=O)NCc5ccccn5)n4Cc4ccccc43)cc2C)c1. The van der Waals surface area contributed by atoms with Crippen LogP contribution in [-0.2, 0) is 19.6 Å². The molecule has 2 amide bonds. The molecule has 0 bridgehead atoms. The van der Waals surface area contributed by atoms with E-state index in [-0.39, 0.29) is 11.8 Å². The summed E-state index contributed by atoms with van der Waals surface area (Å²) in [5.41, 5.74) is 7.74. The average Bonchev–Trinajstić information content (AvgIpc) is 3.33. The first-order valence-corrected chi connectivity index (χ1v) is 13.5. The Morgan fingerprint density at radius 3 is 2.56 bits per heavy atom. The number of hydrogen-bond donors (Lipinski definition) is 1. The fourth-order valence-electron chi connectivity index (χ4n) is 5.37. The molecule has 41 heavy (non-hydrogen) atoms. The largest absolute Gasteiger partial charge is 0.497 e. The summed E-state index contributed by atoms with van der Waals surface area (Å²) in [6.45, 7) is 3.19. The van der Waals surface area contributed by atoms with Crippen molar-refractivity contribution in [3.05, 3.63) is 137 Å². The average molecular weight is 543 g/mol. The van der Waals surface area contributed by atoms with Gasteiger partial charge in [-0.2, -0.15) is 0 Å². The summed E-state index contributed by atoms with van der Waals surface area (Å²) in [6, 6.07) is 31.0. The summed E-state index contributed by atoms with van der Waals surface area (Å²) in [7, 11) is 1.65. The van der Waals surface area contributed by atoms with Gasteiger partial charge in [0.05, 0.1) is 32.4 Å². The van der Waals surface area contributed by atoms with Gasteiger partial charge in [0.25, 0.3) is 11.8 Å². The monoisotopic (exact) mass is 542 g/mol. The molecule has 1 aliphatic heterocycles. The minimum absolute atomic E-state index is 0.0893. The summed E-state index contributed by atoms with van der Waals surface area (Å²) in [4.78, 5) is 33.3. The van der Waals surface area contributed by atoms with E-state index in [2.05, 4.69) is 10.3 Å². The summed E-state index contributed by atoms with van der Waals surface area (Å²) < 4.78 is 7.39. The molecule has 3 aromatic carbocycles. The molecule has 6 rings (SSSR count). The second-order valence-electron chi connectivity index (χ2n) is 10.1. The van der Waals surface area contributed by atoms with E-state index < -0.39 is 0 Å². The van der Waals surface area contributed by atoms with E-state index in [1.54, 1.807) is 13.3 Å². The molecular weight excluding hydrogens is 512 g/mol. The first-order valence-electron chi connectivity index (χ1n) is 13.5. The topological polar surface area (TPSA) is 76.5 Å². The normalized spacial score (nSPS) is 12.2. The summed E-state index contributed by atoms with van der Waals surface area (Å²) >= 11 is 0. The van der Waals surface area contributed by atoms with Crippen LogP contribution in [0.1, 0.15) is 43.4 Å². The van der Waals surface area contributed by atoms with Crippen molar-refractivity contribution in [1.29, 1.82) is 0 Å². The maximum absolute atomic E-state index is 14.0. The molecule has 1 N–H and O–H groups in total. The molecule has 0 spiro atoms.